The summed E-state index contributed by atoms with van der Waals surface area (Å²) >= 11 is 4.95. The van der Waals surface area contributed by atoms with Crippen molar-refractivity contribution in [3.63, 3.8) is 0 Å². The van der Waals surface area contributed by atoms with Crippen molar-refractivity contribution in [3.8, 4) is 5.75 Å². The van der Waals surface area contributed by atoms with Crippen LogP contribution in [0.2, 0.25) is 0 Å². The first-order chi connectivity index (χ1) is 8.27. The molecule has 0 aliphatic heterocycles. The summed E-state index contributed by atoms with van der Waals surface area (Å²) in [5.41, 5.74) is 7.27. The molecular formula is C12H20NO3PS. The Morgan fingerprint density at radius 2 is 2.06 bits per heavy atom. The first-order valence-electron chi connectivity index (χ1n) is 5.78. The van der Waals surface area contributed by atoms with E-state index in [1.807, 2.05) is 39.0 Å². The highest BCUT2D eigenvalue weighted by atomic mass is 32.5. The van der Waals surface area contributed by atoms with Crippen LogP contribution in [0.15, 0.2) is 18.2 Å². The third-order valence-corrected chi connectivity index (χ3v) is 4.98. The topological polar surface area (TPSA) is 75.7 Å². The van der Waals surface area contributed by atoms with Gasteiger partial charge < -0.3 is 20.3 Å². The quantitative estimate of drug-likeness (QED) is 0.724. The molecule has 18 heavy (non-hydrogen) atoms. The minimum atomic E-state index is -3.33. The van der Waals surface area contributed by atoms with Crippen LogP contribution in [-0.2, 0) is 11.8 Å². The molecule has 0 bridgehead atoms. The lowest BCUT2D eigenvalue weighted by atomic mass is 10.0. The molecule has 0 radical (unpaired) electrons. The van der Waals surface area contributed by atoms with Crippen LogP contribution in [0.4, 0.5) is 0 Å². The van der Waals surface area contributed by atoms with Crippen LogP contribution in [0, 0.1) is 6.92 Å². The third kappa shape index (κ3) is 3.77. The van der Waals surface area contributed by atoms with Crippen molar-refractivity contribution in [2.75, 3.05) is 6.54 Å². The SMILES string of the molecule is Cc1ccc(C(C)C)c(OP(O)(=S)C(O)CN)c1. The molecule has 0 aromatic heterocycles. The Labute approximate surface area is 113 Å². The minimum absolute atomic E-state index is 0.114. The van der Waals surface area contributed by atoms with Crippen molar-refractivity contribution in [2.45, 2.75) is 32.5 Å². The predicted octanol–water partition coefficient (Wildman–Crippen LogP) is 2.08. The van der Waals surface area contributed by atoms with Crippen LogP contribution in [-0.4, -0.2) is 22.4 Å². The predicted molar refractivity (Wildman–Crippen MR) is 77.5 cm³/mol. The largest absolute Gasteiger partial charge is 0.441 e. The van der Waals surface area contributed by atoms with Gasteiger partial charge in [-0.3, -0.25) is 0 Å². The Kier molecular flexibility index (Phi) is 5.32. The van der Waals surface area contributed by atoms with Crippen molar-refractivity contribution >= 4 is 18.3 Å². The maximum absolute atomic E-state index is 10.0. The normalized spacial score (nSPS) is 16.4. The molecule has 0 saturated carbocycles. The van der Waals surface area contributed by atoms with Gasteiger partial charge in [0.25, 0.3) is 6.49 Å². The van der Waals surface area contributed by atoms with Gasteiger partial charge in [0, 0.05) is 6.54 Å². The van der Waals surface area contributed by atoms with Crippen LogP contribution in [0.25, 0.3) is 0 Å². The zero-order chi connectivity index (χ0) is 13.9. The first-order valence-corrected chi connectivity index (χ1v) is 8.53. The molecule has 2 atom stereocenters. The zero-order valence-corrected chi connectivity index (χ0v) is 12.5. The summed E-state index contributed by atoms with van der Waals surface area (Å²) in [7, 11) is 0. The third-order valence-electron chi connectivity index (χ3n) is 2.61. The Balaban J connectivity index is 3.10. The summed E-state index contributed by atoms with van der Waals surface area (Å²) in [5, 5.41) is 9.59. The second-order valence-electron chi connectivity index (χ2n) is 4.57. The van der Waals surface area contributed by atoms with Crippen molar-refractivity contribution < 1.29 is 14.5 Å². The van der Waals surface area contributed by atoms with E-state index in [4.69, 9.17) is 22.1 Å². The molecule has 0 spiro atoms. The minimum Gasteiger partial charge on any atom is -0.441 e. The maximum atomic E-state index is 10.0. The highest BCUT2D eigenvalue weighted by molar-refractivity contribution is 8.09. The average Bonchev–Trinajstić information content (AvgIpc) is 2.26. The van der Waals surface area contributed by atoms with Gasteiger partial charge >= 0.3 is 0 Å². The number of aliphatic hydroxyl groups is 1. The molecule has 0 saturated heterocycles. The van der Waals surface area contributed by atoms with E-state index in [9.17, 15) is 10.00 Å². The van der Waals surface area contributed by atoms with Gasteiger partial charge in [0.15, 0.2) is 5.85 Å². The van der Waals surface area contributed by atoms with Crippen LogP contribution < -0.4 is 10.3 Å². The van der Waals surface area contributed by atoms with E-state index in [0.717, 1.165) is 11.1 Å². The van der Waals surface area contributed by atoms with Gasteiger partial charge in [-0.1, -0.05) is 26.0 Å². The molecular weight excluding hydrogens is 269 g/mol. The molecule has 2 unspecified atom stereocenters. The molecule has 0 aliphatic carbocycles. The summed E-state index contributed by atoms with van der Waals surface area (Å²) in [6, 6.07) is 5.73. The molecule has 1 aromatic rings. The van der Waals surface area contributed by atoms with E-state index in [2.05, 4.69) is 0 Å². The van der Waals surface area contributed by atoms with Gasteiger partial charge in [0.1, 0.15) is 5.75 Å². The zero-order valence-electron chi connectivity index (χ0n) is 10.8. The van der Waals surface area contributed by atoms with Gasteiger partial charge in [0.2, 0.25) is 0 Å². The Morgan fingerprint density at radius 1 is 1.44 bits per heavy atom. The van der Waals surface area contributed by atoms with E-state index in [1.165, 1.54) is 0 Å². The molecule has 102 valence electrons. The van der Waals surface area contributed by atoms with Gasteiger partial charge in [-0.05, 0) is 41.8 Å². The standard InChI is InChI=1S/C12H20NO3PS/c1-8(2)10-5-4-9(3)6-11(10)16-17(15,18)12(14)7-13/h4-6,8,12,14H,7,13H2,1-3H3,(H,15,18). The van der Waals surface area contributed by atoms with Gasteiger partial charge in [-0.15, -0.1) is 0 Å². The monoisotopic (exact) mass is 289 g/mol. The fourth-order valence-corrected chi connectivity index (χ4v) is 2.86. The van der Waals surface area contributed by atoms with Gasteiger partial charge in [-0.25, -0.2) is 0 Å². The summed E-state index contributed by atoms with van der Waals surface area (Å²) in [6.45, 7) is 2.54. The van der Waals surface area contributed by atoms with E-state index in [0.29, 0.717) is 5.75 Å². The van der Waals surface area contributed by atoms with Crippen LogP contribution >= 0.6 is 6.49 Å². The lowest BCUT2D eigenvalue weighted by molar-refractivity contribution is 0.236. The van der Waals surface area contributed by atoms with E-state index < -0.39 is 12.3 Å². The van der Waals surface area contributed by atoms with E-state index in [-0.39, 0.29) is 12.5 Å². The second-order valence-corrected chi connectivity index (χ2v) is 8.04. The number of rotatable bonds is 5. The van der Waals surface area contributed by atoms with Crippen molar-refractivity contribution in [2.24, 2.45) is 5.73 Å². The molecule has 4 nitrogen and oxygen atoms in total. The van der Waals surface area contributed by atoms with E-state index in [1.54, 1.807) is 0 Å². The fourth-order valence-electron chi connectivity index (χ4n) is 1.53. The van der Waals surface area contributed by atoms with Crippen molar-refractivity contribution in [1.29, 1.82) is 0 Å². The van der Waals surface area contributed by atoms with Crippen molar-refractivity contribution in [1.82, 2.24) is 0 Å². The number of aryl methyl sites for hydroxylation is 1. The second kappa shape index (κ2) is 6.13. The number of nitrogens with two attached hydrogens (primary N) is 1. The Hall–Kier alpha value is -0.450. The van der Waals surface area contributed by atoms with Gasteiger partial charge in [0.05, 0.1) is 0 Å². The summed E-state index contributed by atoms with van der Waals surface area (Å²) in [6.07, 6.45) is 0. The summed E-state index contributed by atoms with van der Waals surface area (Å²) < 4.78 is 5.48. The van der Waals surface area contributed by atoms with E-state index >= 15 is 0 Å². The molecule has 0 heterocycles. The maximum Gasteiger partial charge on any atom is 0.265 e. The number of hydrogen-bond acceptors (Lipinski definition) is 4. The van der Waals surface area contributed by atoms with Crippen LogP contribution in [0.3, 0.4) is 0 Å². The van der Waals surface area contributed by atoms with Crippen molar-refractivity contribution in [3.05, 3.63) is 29.3 Å². The first kappa shape index (κ1) is 15.6. The molecule has 1 aromatic carbocycles. The number of aliphatic hydroxyl groups excluding tert-OH is 1. The molecule has 0 fully saturated rings. The van der Waals surface area contributed by atoms with Crippen LogP contribution in [0.1, 0.15) is 30.9 Å². The Bertz CT molecular complexity index is 465. The lowest BCUT2D eigenvalue weighted by Crippen LogP contribution is -2.22. The average molecular weight is 289 g/mol. The lowest BCUT2D eigenvalue weighted by Gasteiger charge is -2.24. The highest BCUT2D eigenvalue weighted by Gasteiger charge is 2.26. The summed E-state index contributed by atoms with van der Waals surface area (Å²) in [4.78, 5) is 10.0. The summed E-state index contributed by atoms with van der Waals surface area (Å²) in [5.74, 6) is -0.429. The smallest absolute Gasteiger partial charge is 0.265 e. The number of benzene rings is 1. The molecule has 1 rings (SSSR count). The molecule has 0 aliphatic rings. The Morgan fingerprint density at radius 3 is 2.56 bits per heavy atom. The molecule has 0 amide bonds. The van der Waals surface area contributed by atoms with Gasteiger partial charge in [-0.2, -0.15) is 0 Å². The highest BCUT2D eigenvalue weighted by Crippen LogP contribution is 2.48. The molecule has 4 N–H and O–H groups in total. The fraction of sp³-hybridized carbons (Fsp3) is 0.500. The van der Waals surface area contributed by atoms with Crippen LogP contribution in [0.5, 0.6) is 5.75 Å². The molecule has 6 heteroatoms. The number of hydrogen-bond donors (Lipinski definition) is 3.